The van der Waals surface area contributed by atoms with Crippen molar-refractivity contribution < 1.29 is 4.79 Å². The second-order valence-corrected chi connectivity index (χ2v) is 7.23. The maximum absolute atomic E-state index is 12.2. The lowest BCUT2D eigenvalue weighted by Gasteiger charge is -2.34. The van der Waals surface area contributed by atoms with Crippen LogP contribution in [0.15, 0.2) is 34.2 Å². The number of amides is 1. The Hall–Kier alpha value is -1.79. The van der Waals surface area contributed by atoms with Crippen LogP contribution in [0.25, 0.3) is 6.08 Å². The van der Waals surface area contributed by atoms with E-state index in [4.69, 9.17) is 0 Å². The predicted octanol–water partition coefficient (Wildman–Crippen LogP) is 2.36. The Morgan fingerprint density at radius 3 is 2.42 bits per heavy atom. The summed E-state index contributed by atoms with van der Waals surface area (Å²) in [5.41, 5.74) is 2.18. The van der Waals surface area contributed by atoms with E-state index in [1.165, 1.54) is 11.8 Å². The minimum absolute atomic E-state index is 0.121. The predicted molar refractivity (Wildman–Crippen MR) is 102 cm³/mol. The first-order chi connectivity index (χ1) is 11.6. The molecule has 0 unspecified atom stereocenters. The summed E-state index contributed by atoms with van der Waals surface area (Å²) in [5, 5.41) is 0.854. The van der Waals surface area contributed by atoms with E-state index < -0.39 is 0 Å². The molecule has 1 amide bonds. The molecule has 0 radical (unpaired) electrons. The van der Waals surface area contributed by atoms with Gasteiger partial charge in [-0.3, -0.25) is 4.79 Å². The Bertz CT molecular complexity index is 658. The highest BCUT2D eigenvalue weighted by Gasteiger charge is 2.28. The van der Waals surface area contributed by atoms with Gasteiger partial charge in [0.1, 0.15) is 0 Å². The molecule has 3 rings (SSSR count). The number of aliphatic imine (C=N–C) groups is 1. The van der Waals surface area contributed by atoms with Gasteiger partial charge in [-0.15, -0.1) is 0 Å². The zero-order chi connectivity index (χ0) is 17.1. The number of anilines is 1. The molecule has 0 saturated carbocycles. The van der Waals surface area contributed by atoms with E-state index in [-0.39, 0.29) is 5.91 Å². The lowest BCUT2D eigenvalue weighted by atomic mass is 10.2. The molecule has 2 aliphatic heterocycles. The highest BCUT2D eigenvalue weighted by atomic mass is 32.2. The third-order valence-corrected chi connectivity index (χ3v) is 5.45. The quantitative estimate of drug-likeness (QED) is 0.787. The average Bonchev–Trinajstić information content (AvgIpc) is 2.96. The Morgan fingerprint density at radius 1 is 1.17 bits per heavy atom. The number of nitrogens with zero attached hydrogens (tertiary/aromatic N) is 4. The van der Waals surface area contributed by atoms with Crippen LogP contribution in [0.2, 0.25) is 0 Å². The van der Waals surface area contributed by atoms with Crippen molar-refractivity contribution in [2.24, 2.45) is 4.99 Å². The molecule has 5 nitrogen and oxygen atoms in total. The van der Waals surface area contributed by atoms with Crippen molar-refractivity contribution >= 4 is 34.6 Å². The Morgan fingerprint density at radius 2 is 1.83 bits per heavy atom. The first kappa shape index (κ1) is 17.0. The van der Waals surface area contributed by atoms with Crippen molar-refractivity contribution in [2.75, 3.05) is 51.7 Å². The van der Waals surface area contributed by atoms with E-state index in [0.29, 0.717) is 4.91 Å². The zero-order valence-electron chi connectivity index (χ0n) is 14.5. The highest BCUT2D eigenvalue weighted by Crippen LogP contribution is 2.30. The van der Waals surface area contributed by atoms with E-state index in [9.17, 15) is 4.79 Å². The second-order valence-electron chi connectivity index (χ2n) is 6.22. The first-order valence-corrected chi connectivity index (χ1v) is 9.15. The SMILES string of the molecule is CCN1CCN(C2=NC(=O)C(=Cc3ccc(N(C)C)cc3)S2)CC1. The van der Waals surface area contributed by atoms with Gasteiger partial charge in [0, 0.05) is 46.0 Å². The van der Waals surface area contributed by atoms with Crippen LogP contribution in [-0.4, -0.2) is 67.7 Å². The number of carbonyl (C=O) groups excluding carboxylic acids is 1. The van der Waals surface area contributed by atoms with Gasteiger partial charge < -0.3 is 14.7 Å². The van der Waals surface area contributed by atoms with Crippen molar-refractivity contribution in [3.05, 3.63) is 34.7 Å². The molecule has 24 heavy (non-hydrogen) atoms. The van der Waals surface area contributed by atoms with Crippen LogP contribution in [-0.2, 0) is 4.79 Å². The molecule has 1 aromatic rings. The van der Waals surface area contributed by atoms with E-state index >= 15 is 0 Å². The first-order valence-electron chi connectivity index (χ1n) is 8.34. The maximum Gasteiger partial charge on any atom is 0.286 e. The maximum atomic E-state index is 12.2. The fraction of sp³-hybridized carbons (Fsp3) is 0.444. The van der Waals surface area contributed by atoms with Gasteiger partial charge in [-0.2, -0.15) is 4.99 Å². The molecule has 0 aromatic heterocycles. The summed E-state index contributed by atoms with van der Waals surface area (Å²) < 4.78 is 0. The molecule has 2 heterocycles. The summed E-state index contributed by atoms with van der Waals surface area (Å²) in [4.78, 5) is 23.9. The van der Waals surface area contributed by atoms with Gasteiger partial charge in [0.15, 0.2) is 5.17 Å². The minimum Gasteiger partial charge on any atom is -0.378 e. The number of thioether (sulfide) groups is 1. The molecule has 1 saturated heterocycles. The summed E-state index contributed by atoms with van der Waals surface area (Å²) in [6, 6.07) is 8.19. The fourth-order valence-corrected chi connectivity index (χ4v) is 3.77. The third kappa shape index (κ3) is 3.82. The van der Waals surface area contributed by atoms with Gasteiger partial charge in [-0.05, 0) is 42.1 Å². The molecule has 0 spiro atoms. The van der Waals surface area contributed by atoms with Crippen LogP contribution in [0.1, 0.15) is 12.5 Å². The summed E-state index contributed by atoms with van der Waals surface area (Å²) >= 11 is 1.50. The average molecular weight is 344 g/mol. The largest absolute Gasteiger partial charge is 0.378 e. The second kappa shape index (κ2) is 7.40. The topological polar surface area (TPSA) is 39.1 Å². The van der Waals surface area contributed by atoms with Crippen LogP contribution in [0.5, 0.6) is 0 Å². The number of likely N-dealkylation sites (N-methyl/N-ethyl adjacent to an activating group) is 1. The number of hydrogen-bond donors (Lipinski definition) is 0. The lowest BCUT2D eigenvalue weighted by molar-refractivity contribution is -0.113. The molecule has 0 N–H and O–H groups in total. The molecule has 1 aromatic carbocycles. The molecule has 1 fully saturated rings. The molecular weight excluding hydrogens is 320 g/mol. The van der Waals surface area contributed by atoms with Crippen LogP contribution in [0.3, 0.4) is 0 Å². The number of hydrogen-bond acceptors (Lipinski definition) is 5. The number of rotatable bonds is 3. The van der Waals surface area contributed by atoms with Crippen molar-refractivity contribution in [1.29, 1.82) is 0 Å². The van der Waals surface area contributed by atoms with Crippen LogP contribution >= 0.6 is 11.8 Å². The zero-order valence-corrected chi connectivity index (χ0v) is 15.3. The molecular formula is C18H24N4OS. The monoisotopic (exact) mass is 344 g/mol. The molecule has 0 atom stereocenters. The molecule has 2 aliphatic rings. The summed E-state index contributed by atoms with van der Waals surface area (Å²) in [6.45, 7) is 7.23. The normalized spacial score (nSPS) is 20.6. The lowest BCUT2D eigenvalue weighted by Crippen LogP contribution is -2.47. The van der Waals surface area contributed by atoms with Gasteiger partial charge in [-0.1, -0.05) is 19.1 Å². The van der Waals surface area contributed by atoms with Gasteiger partial charge in [0.2, 0.25) is 0 Å². The fourth-order valence-electron chi connectivity index (χ4n) is 2.81. The number of piperazine rings is 1. The van der Waals surface area contributed by atoms with E-state index in [0.717, 1.165) is 49.1 Å². The minimum atomic E-state index is -0.121. The van der Waals surface area contributed by atoms with Crippen molar-refractivity contribution in [3.63, 3.8) is 0 Å². The third-order valence-electron chi connectivity index (χ3n) is 4.41. The van der Waals surface area contributed by atoms with Gasteiger partial charge in [0.25, 0.3) is 5.91 Å². The Balaban J connectivity index is 1.66. The van der Waals surface area contributed by atoms with Crippen molar-refractivity contribution in [1.82, 2.24) is 9.80 Å². The highest BCUT2D eigenvalue weighted by molar-refractivity contribution is 8.18. The van der Waals surface area contributed by atoms with Crippen LogP contribution in [0.4, 0.5) is 5.69 Å². The molecule has 0 aliphatic carbocycles. The summed E-state index contributed by atoms with van der Waals surface area (Å²) in [6.07, 6.45) is 1.94. The van der Waals surface area contributed by atoms with Crippen LogP contribution in [0, 0.1) is 0 Å². The molecule has 6 heteroatoms. The molecule has 0 bridgehead atoms. The van der Waals surface area contributed by atoms with E-state index in [2.05, 4.69) is 38.7 Å². The van der Waals surface area contributed by atoms with Gasteiger partial charge >= 0.3 is 0 Å². The van der Waals surface area contributed by atoms with Crippen molar-refractivity contribution in [3.8, 4) is 0 Å². The summed E-state index contributed by atoms with van der Waals surface area (Å²) in [7, 11) is 4.03. The van der Waals surface area contributed by atoms with Crippen LogP contribution < -0.4 is 4.90 Å². The van der Waals surface area contributed by atoms with E-state index in [1.54, 1.807) is 0 Å². The smallest absolute Gasteiger partial charge is 0.286 e. The number of carbonyl (C=O) groups is 1. The number of amidine groups is 1. The standard InChI is InChI=1S/C18H24N4OS/c1-4-21-9-11-22(12-10-21)18-19-17(23)16(24-18)13-14-5-7-15(8-6-14)20(2)3/h5-8,13H,4,9-12H2,1-3H3. The molecule has 128 valence electrons. The van der Waals surface area contributed by atoms with Crippen molar-refractivity contribution in [2.45, 2.75) is 6.92 Å². The Kier molecular flexibility index (Phi) is 5.26. The van der Waals surface area contributed by atoms with Gasteiger partial charge in [-0.25, -0.2) is 0 Å². The Labute approximate surface area is 148 Å². The number of benzene rings is 1. The van der Waals surface area contributed by atoms with Gasteiger partial charge in [0.05, 0.1) is 4.91 Å². The van der Waals surface area contributed by atoms with E-state index in [1.807, 2.05) is 32.3 Å². The summed E-state index contributed by atoms with van der Waals surface area (Å²) in [5.74, 6) is -0.121.